The van der Waals surface area contributed by atoms with E-state index in [4.69, 9.17) is 0 Å². The van der Waals surface area contributed by atoms with Crippen molar-refractivity contribution in [2.45, 2.75) is 25.3 Å². The molecular formula is C16H18N4O3. The summed E-state index contributed by atoms with van der Waals surface area (Å²) in [6, 6.07) is 6.48. The molecular weight excluding hydrogens is 296 g/mol. The van der Waals surface area contributed by atoms with Crippen LogP contribution in [-0.2, 0) is 11.8 Å². The Hall–Kier alpha value is -2.70. The van der Waals surface area contributed by atoms with Crippen LogP contribution in [0.3, 0.4) is 0 Å². The number of hydrogen-bond acceptors (Lipinski definition) is 4. The average Bonchev–Trinajstić information content (AvgIpc) is 2.75. The summed E-state index contributed by atoms with van der Waals surface area (Å²) in [7, 11) is 1.60. The van der Waals surface area contributed by atoms with Crippen LogP contribution < -0.4 is 16.2 Å². The molecule has 0 bridgehead atoms. The maximum Gasteiger partial charge on any atom is 0.282 e. The van der Waals surface area contributed by atoms with Crippen LogP contribution in [0.5, 0.6) is 0 Å². The van der Waals surface area contributed by atoms with Gasteiger partial charge in [0.05, 0.1) is 11.0 Å². The van der Waals surface area contributed by atoms with E-state index in [2.05, 4.69) is 15.6 Å². The van der Waals surface area contributed by atoms with Gasteiger partial charge in [-0.05, 0) is 31.4 Å². The van der Waals surface area contributed by atoms with Gasteiger partial charge in [0.1, 0.15) is 6.04 Å². The van der Waals surface area contributed by atoms with Crippen LogP contribution in [0.15, 0.2) is 29.1 Å². The number of carbonyl (C=O) groups excluding carboxylic acids is 2. The van der Waals surface area contributed by atoms with Crippen LogP contribution in [0, 0.1) is 0 Å². The van der Waals surface area contributed by atoms with Crippen LogP contribution in [0.1, 0.15) is 29.8 Å². The van der Waals surface area contributed by atoms with Gasteiger partial charge >= 0.3 is 0 Å². The van der Waals surface area contributed by atoms with Crippen LogP contribution in [0.4, 0.5) is 0 Å². The Balaban J connectivity index is 1.93. The van der Waals surface area contributed by atoms with Gasteiger partial charge in [-0.1, -0.05) is 12.1 Å². The molecule has 2 amide bonds. The lowest BCUT2D eigenvalue weighted by molar-refractivity contribution is -0.122. The summed E-state index contributed by atoms with van der Waals surface area (Å²) in [4.78, 5) is 40.9. The lowest BCUT2D eigenvalue weighted by Crippen LogP contribution is -2.47. The molecule has 120 valence electrons. The number of rotatable bonds is 2. The molecule has 1 saturated heterocycles. The first-order chi connectivity index (χ1) is 11.1. The number of hydrogen-bond donors (Lipinski definition) is 2. The van der Waals surface area contributed by atoms with Gasteiger partial charge < -0.3 is 15.2 Å². The highest BCUT2D eigenvalue weighted by atomic mass is 16.2. The number of nitrogens with zero attached hydrogens (tertiary/aromatic N) is 2. The molecule has 1 aromatic carbocycles. The first kappa shape index (κ1) is 15.2. The highest BCUT2D eigenvalue weighted by Crippen LogP contribution is 2.10. The molecule has 2 aromatic rings. The molecule has 0 saturated carbocycles. The van der Waals surface area contributed by atoms with Crippen molar-refractivity contribution in [1.29, 1.82) is 0 Å². The monoisotopic (exact) mass is 314 g/mol. The van der Waals surface area contributed by atoms with E-state index in [-0.39, 0.29) is 11.6 Å². The molecule has 1 aromatic heterocycles. The lowest BCUT2D eigenvalue weighted by Gasteiger charge is -2.15. The van der Waals surface area contributed by atoms with Crippen molar-refractivity contribution in [3.05, 3.63) is 40.3 Å². The molecule has 3 rings (SSSR count). The third-order valence-electron chi connectivity index (χ3n) is 4.04. The highest BCUT2D eigenvalue weighted by Gasteiger charge is 2.25. The fraction of sp³-hybridized carbons (Fsp3) is 0.375. The van der Waals surface area contributed by atoms with E-state index in [1.54, 1.807) is 31.3 Å². The number of para-hydroxylation sites is 2. The van der Waals surface area contributed by atoms with Crippen LogP contribution >= 0.6 is 0 Å². The van der Waals surface area contributed by atoms with Crippen LogP contribution in [0.2, 0.25) is 0 Å². The number of carbonyl (C=O) groups is 2. The van der Waals surface area contributed by atoms with Crippen molar-refractivity contribution in [1.82, 2.24) is 20.2 Å². The minimum atomic E-state index is -0.622. The molecule has 0 unspecified atom stereocenters. The van der Waals surface area contributed by atoms with Crippen molar-refractivity contribution >= 4 is 22.8 Å². The summed E-state index contributed by atoms with van der Waals surface area (Å²) in [5.74, 6) is -0.827. The molecule has 1 aliphatic rings. The largest absolute Gasteiger partial charge is 0.354 e. The standard InChI is InChI=1S/C16H18N4O3/c1-20-12-8-3-2-6-10(12)18-13(16(20)23)15(22)19-11-7-4-5-9-17-14(11)21/h2-3,6,8,11H,4-5,7,9H2,1H3,(H,17,21)(H,19,22)/t11-/m1/s1. The van der Waals surface area contributed by atoms with E-state index in [0.29, 0.717) is 24.0 Å². The molecule has 7 nitrogen and oxygen atoms in total. The van der Waals surface area contributed by atoms with Crippen molar-refractivity contribution < 1.29 is 9.59 Å². The van der Waals surface area contributed by atoms with E-state index < -0.39 is 17.5 Å². The van der Waals surface area contributed by atoms with Crippen LogP contribution in [0.25, 0.3) is 11.0 Å². The van der Waals surface area contributed by atoms with Gasteiger partial charge in [-0.2, -0.15) is 0 Å². The Morgan fingerprint density at radius 1 is 1.30 bits per heavy atom. The Kier molecular flexibility index (Phi) is 4.10. The first-order valence-corrected chi connectivity index (χ1v) is 7.62. The van der Waals surface area contributed by atoms with E-state index in [1.807, 2.05) is 0 Å². The second-order valence-corrected chi connectivity index (χ2v) is 5.63. The summed E-state index contributed by atoms with van der Waals surface area (Å²) < 4.78 is 1.39. The predicted octanol–water partition coefficient (Wildman–Crippen LogP) is 0.332. The van der Waals surface area contributed by atoms with E-state index in [9.17, 15) is 14.4 Å². The summed E-state index contributed by atoms with van der Waals surface area (Å²) >= 11 is 0. The zero-order valence-electron chi connectivity index (χ0n) is 12.8. The predicted molar refractivity (Wildman–Crippen MR) is 85.1 cm³/mol. The Labute approximate surface area is 132 Å². The SMILES string of the molecule is Cn1c(=O)c(C(=O)N[C@@H]2CCCCNC2=O)nc2ccccc21. The van der Waals surface area contributed by atoms with E-state index in [1.165, 1.54) is 4.57 Å². The maximum atomic E-state index is 12.4. The molecule has 1 fully saturated rings. The van der Waals surface area contributed by atoms with Gasteiger partial charge in [0.15, 0.2) is 5.69 Å². The summed E-state index contributed by atoms with van der Waals surface area (Å²) in [6.45, 7) is 0.612. The molecule has 0 aliphatic carbocycles. The summed E-state index contributed by atoms with van der Waals surface area (Å²) in [5.41, 5.74) is 0.546. The molecule has 2 heterocycles. The van der Waals surface area contributed by atoms with Gasteiger partial charge in [0.25, 0.3) is 11.5 Å². The van der Waals surface area contributed by atoms with Gasteiger partial charge in [-0.3, -0.25) is 14.4 Å². The Morgan fingerprint density at radius 2 is 2.09 bits per heavy atom. The maximum absolute atomic E-state index is 12.4. The smallest absolute Gasteiger partial charge is 0.282 e. The van der Waals surface area contributed by atoms with Gasteiger partial charge in [-0.15, -0.1) is 0 Å². The van der Waals surface area contributed by atoms with Gasteiger partial charge in [0, 0.05) is 13.6 Å². The minimum Gasteiger partial charge on any atom is -0.354 e. The molecule has 2 N–H and O–H groups in total. The molecule has 7 heteroatoms. The number of amides is 2. The third-order valence-corrected chi connectivity index (χ3v) is 4.04. The molecule has 0 spiro atoms. The molecule has 1 atom stereocenters. The third kappa shape index (κ3) is 2.94. The zero-order valence-corrected chi connectivity index (χ0v) is 12.8. The van der Waals surface area contributed by atoms with Crippen molar-refractivity contribution in [3.63, 3.8) is 0 Å². The first-order valence-electron chi connectivity index (χ1n) is 7.62. The highest BCUT2D eigenvalue weighted by molar-refractivity contribution is 5.97. The Bertz CT molecular complexity index is 828. The van der Waals surface area contributed by atoms with E-state index >= 15 is 0 Å². The average molecular weight is 314 g/mol. The summed E-state index contributed by atoms with van der Waals surface area (Å²) in [5, 5.41) is 5.38. The lowest BCUT2D eigenvalue weighted by atomic mass is 10.1. The Morgan fingerprint density at radius 3 is 2.91 bits per heavy atom. The fourth-order valence-electron chi connectivity index (χ4n) is 2.73. The van der Waals surface area contributed by atoms with Crippen molar-refractivity contribution in [2.24, 2.45) is 7.05 Å². The minimum absolute atomic E-state index is 0.191. The van der Waals surface area contributed by atoms with Crippen LogP contribution in [-0.4, -0.2) is 34.0 Å². The zero-order chi connectivity index (χ0) is 16.4. The quantitative estimate of drug-likeness (QED) is 0.835. The number of aryl methyl sites for hydroxylation is 1. The topological polar surface area (TPSA) is 93.1 Å². The number of benzene rings is 1. The molecule has 1 aliphatic heterocycles. The van der Waals surface area contributed by atoms with Gasteiger partial charge in [0.2, 0.25) is 5.91 Å². The summed E-state index contributed by atoms with van der Waals surface area (Å²) in [6.07, 6.45) is 2.28. The normalized spacial score (nSPS) is 18.3. The second-order valence-electron chi connectivity index (χ2n) is 5.63. The number of aromatic nitrogens is 2. The van der Waals surface area contributed by atoms with Gasteiger partial charge in [-0.25, -0.2) is 4.98 Å². The number of nitrogens with one attached hydrogen (secondary N) is 2. The molecule has 0 radical (unpaired) electrons. The van der Waals surface area contributed by atoms with Crippen molar-refractivity contribution in [2.75, 3.05) is 6.54 Å². The fourth-order valence-corrected chi connectivity index (χ4v) is 2.73. The molecule has 23 heavy (non-hydrogen) atoms. The van der Waals surface area contributed by atoms with Crippen molar-refractivity contribution in [3.8, 4) is 0 Å². The number of fused-ring (bicyclic) bond motifs is 1. The second kappa shape index (κ2) is 6.20. The van der Waals surface area contributed by atoms with E-state index in [0.717, 1.165) is 12.8 Å².